The topological polar surface area (TPSA) is 59.0 Å². The molecule has 1 aromatic carbocycles. The number of carbonyl (C=O) groups is 1. The minimum Gasteiger partial charge on any atom is -0.493 e. The van der Waals surface area contributed by atoms with Gasteiger partial charge in [-0.15, -0.1) is 0 Å². The Morgan fingerprint density at radius 3 is 2.67 bits per heavy atom. The molecule has 0 bridgehead atoms. The van der Waals surface area contributed by atoms with Crippen molar-refractivity contribution >= 4 is 5.78 Å². The highest BCUT2D eigenvalue weighted by atomic mass is 16.5. The van der Waals surface area contributed by atoms with Crippen LogP contribution in [0.3, 0.4) is 0 Å². The number of nitrogens with zero attached hydrogens (tertiary/aromatic N) is 1. The number of allylic oxidation sites excluding steroid dienone is 1. The number of likely N-dealkylation sites (tertiary alicyclic amines) is 1. The van der Waals surface area contributed by atoms with Crippen LogP contribution >= 0.6 is 0 Å². The molecule has 0 unspecified atom stereocenters. The molecule has 130 valence electrons. The molecule has 3 rings (SSSR count). The van der Waals surface area contributed by atoms with Gasteiger partial charge >= 0.3 is 0 Å². The van der Waals surface area contributed by atoms with E-state index in [0.717, 1.165) is 37.1 Å². The van der Waals surface area contributed by atoms with Crippen molar-refractivity contribution in [2.75, 3.05) is 27.8 Å². The van der Waals surface area contributed by atoms with Gasteiger partial charge in [0.1, 0.15) is 0 Å². The van der Waals surface area contributed by atoms with Gasteiger partial charge < -0.3 is 19.5 Å². The lowest BCUT2D eigenvalue weighted by Crippen LogP contribution is -2.33. The van der Waals surface area contributed by atoms with Crippen LogP contribution in [-0.2, 0) is 5.41 Å². The van der Waals surface area contributed by atoms with E-state index in [1.54, 1.807) is 21.1 Å². The van der Waals surface area contributed by atoms with Crippen LogP contribution in [0.2, 0.25) is 0 Å². The Balaban J connectivity index is 2.20. The number of hydrogen-bond acceptors (Lipinski definition) is 5. The molecule has 1 fully saturated rings. The van der Waals surface area contributed by atoms with Gasteiger partial charge in [0.05, 0.1) is 25.9 Å². The van der Waals surface area contributed by atoms with Gasteiger partial charge in [0, 0.05) is 24.7 Å². The van der Waals surface area contributed by atoms with E-state index in [1.165, 1.54) is 0 Å². The highest BCUT2D eigenvalue weighted by molar-refractivity contribution is 5.98. The van der Waals surface area contributed by atoms with Crippen molar-refractivity contribution in [3.05, 3.63) is 35.0 Å². The van der Waals surface area contributed by atoms with E-state index in [4.69, 9.17) is 9.47 Å². The van der Waals surface area contributed by atoms with Gasteiger partial charge in [-0.05, 0) is 50.0 Å². The van der Waals surface area contributed by atoms with E-state index in [0.29, 0.717) is 17.1 Å². The van der Waals surface area contributed by atoms with Crippen LogP contribution in [0.15, 0.2) is 23.9 Å². The van der Waals surface area contributed by atoms with Gasteiger partial charge in [0.25, 0.3) is 0 Å². The molecular weight excluding hydrogens is 306 g/mol. The number of ether oxygens (including phenoxy) is 2. The molecule has 1 aliphatic heterocycles. The van der Waals surface area contributed by atoms with Gasteiger partial charge in [0.15, 0.2) is 17.3 Å². The highest BCUT2D eigenvalue weighted by Gasteiger charge is 2.46. The maximum atomic E-state index is 12.1. The molecule has 0 spiro atoms. The molecule has 1 aromatic rings. The van der Waals surface area contributed by atoms with E-state index in [9.17, 15) is 9.90 Å². The molecule has 5 nitrogen and oxygen atoms in total. The van der Waals surface area contributed by atoms with Crippen molar-refractivity contribution in [2.45, 2.75) is 37.7 Å². The molecule has 24 heavy (non-hydrogen) atoms. The number of aliphatic hydroxyl groups excluding tert-OH is 1. The number of hydrogen-bond donors (Lipinski definition) is 1. The van der Waals surface area contributed by atoms with Gasteiger partial charge in [0.2, 0.25) is 0 Å². The van der Waals surface area contributed by atoms with Gasteiger partial charge in [-0.1, -0.05) is 0 Å². The monoisotopic (exact) mass is 331 g/mol. The SMILES string of the molecule is COc1cc([C@@]23CC[C@H](O)C=C2N(C)CC3)cc(C(C)=O)c1OC. The third-order valence-corrected chi connectivity index (χ3v) is 5.40. The summed E-state index contributed by atoms with van der Waals surface area (Å²) in [6, 6.07) is 3.92. The summed E-state index contributed by atoms with van der Waals surface area (Å²) >= 11 is 0. The number of ketones is 1. The summed E-state index contributed by atoms with van der Waals surface area (Å²) in [6.45, 7) is 2.48. The Labute approximate surface area is 142 Å². The first kappa shape index (κ1) is 16.8. The molecule has 0 radical (unpaired) electrons. The van der Waals surface area contributed by atoms with Crippen LogP contribution in [-0.4, -0.2) is 49.7 Å². The largest absolute Gasteiger partial charge is 0.493 e. The molecule has 0 saturated carbocycles. The Morgan fingerprint density at radius 1 is 1.29 bits per heavy atom. The minimum absolute atomic E-state index is 0.0453. The Hall–Kier alpha value is -2.01. The Bertz CT molecular complexity index is 697. The number of likely N-dealkylation sites (N-methyl/N-ethyl adjacent to an activating group) is 1. The number of Topliss-reactive ketones (excluding diaryl/α,β-unsaturated/α-hetero) is 1. The Kier molecular flexibility index (Phi) is 4.30. The second-order valence-electron chi connectivity index (χ2n) is 6.73. The maximum Gasteiger partial charge on any atom is 0.171 e. The van der Waals surface area contributed by atoms with E-state index in [2.05, 4.69) is 11.9 Å². The van der Waals surface area contributed by atoms with E-state index < -0.39 is 6.10 Å². The molecule has 1 saturated heterocycles. The molecule has 5 heteroatoms. The second-order valence-corrected chi connectivity index (χ2v) is 6.73. The number of rotatable bonds is 4. The normalized spacial score (nSPS) is 26.0. The second kappa shape index (κ2) is 6.13. The molecule has 1 aliphatic carbocycles. The summed E-state index contributed by atoms with van der Waals surface area (Å²) < 4.78 is 10.9. The minimum atomic E-state index is -0.402. The molecular formula is C19H25NO4. The van der Waals surface area contributed by atoms with Crippen LogP contribution in [0.1, 0.15) is 42.1 Å². The molecule has 2 atom stereocenters. The fourth-order valence-corrected chi connectivity index (χ4v) is 4.11. The standard InChI is InChI=1S/C19H25NO4/c1-12(21)15-9-13(10-16(23-3)18(15)24-4)19-6-5-14(22)11-17(19)20(2)8-7-19/h9-11,14,22H,5-8H2,1-4H3/t14-,19-/m0/s1. The summed E-state index contributed by atoms with van der Waals surface area (Å²) in [5, 5.41) is 10.1. The number of benzene rings is 1. The number of methoxy groups -OCH3 is 2. The summed E-state index contributed by atoms with van der Waals surface area (Å²) in [5.41, 5.74) is 2.58. The number of carbonyl (C=O) groups excluding carboxylic acids is 1. The zero-order chi connectivity index (χ0) is 17.5. The summed E-state index contributed by atoms with van der Waals surface area (Å²) in [5.74, 6) is 1.02. The third kappa shape index (κ3) is 2.47. The van der Waals surface area contributed by atoms with Crippen LogP contribution in [0.25, 0.3) is 0 Å². The fraction of sp³-hybridized carbons (Fsp3) is 0.526. The molecule has 0 amide bonds. The number of aliphatic hydroxyl groups is 1. The molecule has 2 aliphatic rings. The summed E-state index contributed by atoms with van der Waals surface area (Å²) in [7, 11) is 5.19. The van der Waals surface area contributed by atoms with Gasteiger partial charge in [-0.25, -0.2) is 0 Å². The van der Waals surface area contributed by atoms with Crippen molar-refractivity contribution in [3.63, 3.8) is 0 Å². The van der Waals surface area contributed by atoms with E-state index in [1.807, 2.05) is 18.2 Å². The van der Waals surface area contributed by atoms with Crippen LogP contribution < -0.4 is 9.47 Å². The predicted octanol–water partition coefficient (Wildman–Crippen LogP) is 2.52. The average Bonchev–Trinajstić information content (AvgIpc) is 2.91. The lowest BCUT2D eigenvalue weighted by Gasteiger charge is -2.37. The van der Waals surface area contributed by atoms with Crippen molar-refractivity contribution < 1.29 is 19.4 Å². The first-order chi connectivity index (χ1) is 11.4. The van der Waals surface area contributed by atoms with Crippen molar-refractivity contribution in [1.29, 1.82) is 0 Å². The zero-order valence-corrected chi connectivity index (χ0v) is 14.8. The first-order valence-corrected chi connectivity index (χ1v) is 8.32. The lowest BCUT2D eigenvalue weighted by atomic mass is 9.69. The molecule has 1 N–H and O–H groups in total. The quantitative estimate of drug-likeness (QED) is 0.859. The Morgan fingerprint density at radius 2 is 2.04 bits per heavy atom. The zero-order valence-electron chi connectivity index (χ0n) is 14.8. The van der Waals surface area contributed by atoms with E-state index >= 15 is 0 Å². The first-order valence-electron chi connectivity index (χ1n) is 8.32. The summed E-state index contributed by atoms with van der Waals surface area (Å²) in [4.78, 5) is 14.3. The van der Waals surface area contributed by atoms with Crippen molar-refractivity contribution in [2.24, 2.45) is 0 Å². The molecule has 1 heterocycles. The number of fused-ring (bicyclic) bond motifs is 1. The molecule has 0 aromatic heterocycles. The van der Waals surface area contributed by atoms with Gasteiger partial charge in [-0.3, -0.25) is 4.79 Å². The fourth-order valence-electron chi connectivity index (χ4n) is 4.11. The van der Waals surface area contributed by atoms with Crippen LogP contribution in [0, 0.1) is 0 Å². The smallest absolute Gasteiger partial charge is 0.171 e. The van der Waals surface area contributed by atoms with Crippen molar-refractivity contribution in [3.8, 4) is 11.5 Å². The highest BCUT2D eigenvalue weighted by Crippen LogP contribution is 2.50. The lowest BCUT2D eigenvalue weighted by molar-refractivity contribution is 0.101. The maximum absolute atomic E-state index is 12.1. The summed E-state index contributed by atoms with van der Waals surface area (Å²) in [6.07, 6.45) is 4.11. The van der Waals surface area contributed by atoms with Gasteiger partial charge in [-0.2, -0.15) is 0 Å². The average molecular weight is 331 g/mol. The van der Waals surface area contributed by atoms with Crippen LogP contribution in [0.5, 0.6) is 11.5 Å². The van der Waals surface area contributed by atoms with Crippen molar-refractivity contribution in [1.82, 2.24) is 4.90 Å². The third-order valence-electron chi connectivity index (χ3n) is 5.40. The predicted molar refractivity (Wildman–Crippen MR) is 91.8 cm³/mol. The van der Waals surface area contributed by atoms with E-state index in [-0.39, 0.29) is 11.2 Å². The van der Waals surface area contributed by atoms with Crippen LogP contribution in [0.4, 0.5) is 0 Å².